The number of carbonyl (C=O) groups excluding carboxylic acids is 2. The summed E-state index contributed by atoms with van der Waals surface area (Å²) in [5, 5.41) is 4.81. The first-order valence-corrected chi connectivity index (χ1v) is 12.4. The summed E-state index contributed by atoms with van der Waals surface area (Å²) in [5.41, 5.74) is 1.56. The monoisotopic (exact) mass is 492 g/mol. The maximum absolute atomic E-state index is 12.4. The summed E-state index contributed by atoms with van der Waals surface area (Å²) in [6.07, 6.45) is 3.74. The van der Waals surface area contributed by atoms with E-state index in [0.29, 0.717) is 20.4 Å². The number of benzene rings is 2. The minimum Gasteiger partial charge on any atom is -0.351 e. The van der Waals surface area contributed by atoms with Gasteiger partial charge in [-0.05, 0) is 42.5 Å². The van der Waals surface area contributed by atoms with Crippen LogP contribution in [0, 0.1) is 0 Å². The molecule has 2 aromatic carbocycles. The van der Waals surface area contributed by atoms with E-state index < -0.39 is 9.84 Å². The van der Waals surface area contributed by atoms with Crippen LogP contribution in [0.1, 0.15) is 0 Å². The summed E-state index contributed by atoms with van der Waals surface area (Å²) in [6, 6.07) is 12.1. The Hall–Kier alpha value is -2.95. The SMILES string of the molecule is CN(C)C=O.CS(=O)(=O)c1ccc2nc(NC(=O)Cn3ccc4cc(Cl)ccc43)sc2c1. The molecule has 0 bridgehead atoms. The van der Waals surface area contributed by atoms with Crippen LogP contribution in [-0.2, 0) is 26.0 Å². The van der Waals surface area contributed by atoms with Crippen molar-refractivity contribution in [2.24, 2.45) is 0 Å². The zero-order valence-corrected chi connectivity index (χ0v) is 20.0. The van der Waals surface area contributed by atoms with Gasteiger partial charge in [0.05, 0.1) is 15.1 Å². The average molecular weight is 493 g/mol. The van der Waals surface area contributed by atoms with E-state index in [4.69, 9.17) is 11.6 Å². The van der Waals surface area contributed by atoms with Gasteiger partial charge in [0.1, 0.15) is 6.54 Å². The highest BCUT2D eigenvalue weighted by molar-refractivity contribution is 7.90. The van der Waals surface area contributed by atoms with E-state index in [1.165, 1.54) is 22.3 Å². The Morgan fingerprint density at radius 1 is 1.22 bits per heavy atom. The fourth-order valence-electron chi connectivity index (χ4n) is 2.81. The molecule has 0 unspecified atom stereocenters. The van der Waals surface area contributed by atoms with Crippen LogP contribution in [0.4, 0.5) is 5.13 Å². The Morgan fingerprint density at radius 3 is 2.59 bits per heavy atom. The number of thiazole rings is 1. The van der Waals surface area contributed by atoms with E-state index in [-0.39, 0.29) is 17.3 Å². The van der Waals surface area contributed by atoms with Crippen LogP contribution in [0.5, 0.6) is 0 Å². The molecule has 2 heterocycles. The molecule has 1 N–H and O–H groups in total. The highest BCUT2D eigenvalue weighted by Crippen LogP contribution is 2.28. The maximum Gasteiger partial charge on any atom is 0.246 e. The number of carbonyl (C=O) groups is 2. The summed E-state index contributed by atoms with van der Waals surface area (Å²) in [7, 11) is 0.0876. The van der Waals surface area contributed by atoms with Gasteiger partial charge in [-0.25, -0.2) is 13.4 Å². The van der Waals surface area contributed by atoms with E-state index in [2.05, 4.69) is 10.3 Å². The number of nitrogens with one attached hydrogen (secondary N) is 1. The molecule has 8 nitrogen and oxygen atoms in total. The van der Waals surface area contributed by atoms with Crippen LogP contribution >= 0.6 is 22.9 Å². The van der Waals surface area contributed by atoms with E-state index in [1.54, 1.807) is 32.3 Å². The van der Waals surface area contributed by atoms with Gasteiger partial charge in [0.15, 0.2) is 15.0 Å². The van der Waals surface area contributed by atoms with Crippen molar-refractivity contribution in [1.29, 1.82) is 0 Å². The number of sulfone groups is 1. The second-order valence-corrected chi connectivity index (χ2v) is 10.7. The molecule has 4 rings (SSSR count). The third-order valence-corrected chi connectivity index (χ3v) is 6.57. The molecule has 0 atom stereocenters. The van der Waals surface area contributed by atoms with Gasteiger partial charge in [-0.2, -0.15) is 0 Å². The third kappa shape index (κ3) is 5.84. The smallest absolute Gasteiger partial charge is 0.246 e. The molecule has 0 saturated carbocycles. The van der Waals surface area contributed by atoms with Gasteiger partial charge in [0, 0.05) is 42.5 Å². The van der Waals surface area contributed by atoms with Crippen molar-refractivity contribution in [2.45, 2.75) is 11.4 Å². The lowest BCUT2D eigenvalue weighted by molar-refractivity contribution is -0.117. The fourth-order valence-corrected chi connectivity index (χ4v) is 4.64. The zero-order valence-electron chi connectivity index (χ0n) is 17.6. The fraction of sp³-hybridized carbons (Fsp3) is 0.190. The minimum absolute atomic E-state index is 0.135. The van der Waals surface area contributed by atoms with E-state index in [1.807, 2.05) is 29.0 Å². The Labute approximate surface area is 194 Å². The predicted octanol–water partition coefficient (Wildman–Crippen LogP) is 3.65. The number of nitrogens with zero attached hydrogens (tertiary/aromatic N) is 3. The molecule has 0 aliphatic rings. The topological polar surface area (TPSA) is 101 Å². The number of anilines is 1. The predicted molar refractivity (Wildman–Crippen MR) is 128 cm³/mol. The van der Waals surface area contributed by atoms with Crippen LogP contribution in [0.2, 0.25) is 5.02 Å². The second kappa shape index (κ2) is 9.68. The van der Waals surface area contributed by atoms with E-state index in [0.717, 1.165) is 23.6 Å². The Balaban J connectivity index is 0.000000523. The second-order valence-electron chi connectivity index (χ2n) is 7.18. The molecular weight excluding hydrogens is 472 g/mol. The first-order chi connectivity index (χ1) is 15.1. The Bertz CT molecular complexity index is 1390. The highest BCUT2D eigenvalue weighted by Gasteiger charge is 2.13. The van der Waals surface area contributed by atoms with Crippen molar-refractivity contribution in [3.05, 3.63) is 53.7 Å². The Morgan fingerprint density at radius 2 is 1.94 bits per heavy atom. The summed E-state index contributed by atoms with van der Waals surface area (Å²) >= 11 is 7.23. The van der Waals surface area contributed by atoms with E-state index >= 15 is 0 Å². The minimum atomic E-state index is -3.29. The largest absolute Gasteiger partial charge is 0.351 e. The number of hydrogen-bond acceptors (Lipinski definition) is 6. The van der Waals surface area contributed by atoms with E-state index in [9.17, 15) is 18.0 Å². The summed E-state index contributed by atoms with van der Waals surface area (Å²) < 4.78 is 25.9. The zero-order chi connectivity index (χ0) is 23.5. The summed E-state index contributed by atoms with van der Waals surface area (Å²) in [4.78, 5) is 27.9. The van der Waals surface area contributed by atoms with Crippen molar-refractivity contribution in [2.75, 3.05) is 25.7 Å². The van der Waals surface area contributed by atoms with Crippen LogP contribution in [0.25, 0.3) is 21.1 Å². The average Bonchev–Trinajstić information content (AvgIpc) is 3.30. The molecule has 0 aliphatic carbocycles. The highest BCUT2D eigenvalue weighted by atomic mass is 35.5. The molecule has 11 heteroatoms. The maximum atomic E-state index is 12.4. The lowest BCUT2D eigenvalue weighted by Gasteiger charge is -2.05. The normalized spacial score (nSPS) is 11.1. The van der Waals surface area contributed by atoms with Gasteiger partial charge in [0.25, 0.3) is 0 Å². The van der Waals surface area contributed by atoms with Crippen LogP contribution < -0.4 is 5.32 Å². The first kappa shape index (κ1) is 23.7. The van der Waals surface area contributed by atoms with Crippen molar-refractivity contribution in [3.63, 3.8) is 0 Å². The van der Waals surface area contributed by atoms with Crippen LogP contribution in [0.15, 0.2) is 53.6 Å². The van der Waals surface area contributed by atoms with Gasteiger partial charge in [-0.3, -0.25) is 9.59 Å². The van der Waals surface area contributed by atoms with Crippen molar-refractivity contribution >= 4 is 71.3 Å². The number of fused-ring (bicyclic) bond motifs is 2. The summed E-state index contributed by atoms with van der Waals surface area (Å²) in [6.45, 7) is 0.135. The quantitative estimate of drug-likeness (QED) is 0.428. The number of hydrogen-bond donors (Lipinski definition) is 1. The van der Waals surface area contributed by atoms with Crippen LogP contribution in [-0.4, -0.2) is 55.5 Å². The molecular formula is C21H21ClN4O4S2. The Kier molecular flexibility index (Phi) is 7.17. The van der Waals surface area contributed by atoms with Crippen molar-refractivity contribution in [3.8, 4) is 0 Å². The van der Waals surface area contributed by atoms with Gasteiger partial charge in [0.2, 0.25) is 12.3 Å². The van der Waals surface area contributed by atoms with Crippen LogP contribution in [0.3, 0.4) is 0 Å². The first-order valence-electron chi connectivity index (χ1n) is 9.33. The standard InChI is InChI=1S/C18H14ClN3O3S2.C3H7NO/c1-27(24,25)13-3-4-14-16(9-13)26-18(20-14)21-17(23)10-22-7-6-11-8-12(19)2-5-15(11)22;1-4(2)3-5/h2-9H,10H2,1H3,(H,20,21,23);3H,1-2H3. The molecule has 0 radical (unpaired) electrons. The number of halogens is 1. The third-order valence-electron chi connectivity index (χ3n) is 4.29. The van der Waals surface area contributed by atoms with Crippen molar-refractivity contribution in [1.82, 2.24) is 14.5 Å². The lowest BCUT2D eigenvalue weighted by Crippen LogP contribution is -2.18. The molecule has 2 amide bonds. The number of rotatable bonds is 5. The molecule has 4 aromatic rings. The molecule has 168 valence electrons. The molecule has 0 fully saturated rings. The lowest BCUT2D eigenvalue weighted by atomic mass is 10.2. The number of aromatic nitrogens is 2. The molecule has 0 spiro atoms. The summed E-state index contributed by atoms with van der Waals surface area (Å²) in [5.74, 6) is -0.218. The molecule has 0 aliphatic heterocycles. The van der Waals surface area contributed by atoms with Gasteiger partial charge in [-0.1, -0.05) is 22.9 Å². The molecule has 2 aromatic heterocycles. The molecule has 0 saturated heterocycles. The van der Waals surface area contributed by atoms with Gasteiger partial charge < -0.3 is 14.8 Å². The van der Waals surface area contributed by atoms with Crippen molar-refractivity contribution < 1.29 is 18.0 Å². The number of amides is 2. The van der Waals surface area contributed by atoms with Gasteiger partial charge >= 0.3 is 0 Å². The van der Waals surface area contributed by atoms with Gasteiger partial charge in [-0.15, -0.1) is 0 Å². The molecule has 32 heavy (non-hydrogen) atoms.